The van der Waals surface area contributed by atoms with E-state index in [1.165, 1.54) is 5.69 Å². The molecule has 0 bridgehead atoms. The maximum absolute atomic E-state index is 12.5. The molecule has 0 fully saturated rings. The number of methoxy groups -OCH3 is 1. The van der Waals surface area contributed by atoms with Gasteiger partial charge in [0, 0.05) is 30.4 Å². The van der Waals surface area contributed by atoms with Crippen molar-refractivity contribution >= 4 is 17.2 Å². The number of aromatic nitrogens is 1. The number of nitrogens with zero attached hydrogens (tertiary/aromatic N) is 2. The average Bonchev–Trinajstić information content (AvgIpc) is 3.06. The Kier molecular flexibility index (Phi) is 3.89. The number of thiophene rings is 1. The lowest BCUT2D eigenvalue weighted by Crippen LogP contribution is -2.37. The molecule has 1 aliphatic heterocycles. The fourth-order valence-corrected chi connectivity index (χ4v) is 3.26. The molecule has 3 rings (SSSR count). The van der Waals surface area contributed by atoms with Gasteiger partial charge in [0.05, 0.1) is 25.6 Å². The van der Waals surface area contributed by atoms with E-state index in [0.717, 1.165) is 11.4 Å². The highest BCUT2D eigenvalue weighted by molar-refractivity contribution is 7.10. The number of carbonyl (C=O) groups is 1. The molecule has 3 heterocycles. The Labute approximate surface area is 122 Å². The first-order valence-electron chi connectivity index (χ1n) is 6.73. The summed E-state index contributed by atoms with van der Waals surface area (Å²) < 4.78 is 7.67. The maximum Gasteiger partial charge on any atom is 0.228 e. The summed E-state index contributed by atoms with van der Waals surface area (Å²) in [4.78, 5) is 15.5. The second kappa shape index (κ2) is 5.81. The van der Waals surface area contributed by atoms with Crippen LogP contribution in [0.4, 0.5) is 0 Å². The van der Waals surface area contributed by atoms with Crippen molar-refractivity contribution in [1.29, 1.82) is 0 Å². The van der Waals surface area contributed by atoms with Gasteiger partial charge in [-0.1, -0.05) is 6.07 Å². The van der Waals surface area contributed by atoms with Gasteiger partial charge in [0.1, 0.15) is 0 Å². The standard InChI is InChI=1S/C15H18N2O2S/c1-19-13-10-16-6-2-4-12(16)9-17(11-13)15(18)8-14-5-3-7-20-14/h2-7,13H,8-11H2,1H3. The van der Waals surface area contributed by atoms with Crippen LogP contribution in [0.2, 0.25) is 0 Å². The zero-order valence-electron chi connectivity index (χ0n) is 11.5. The Balaban J connectivity index is 1.76. The molecule has 1 unspecified atom stereocenters. The summed E-state index contributed by atoms with van der Waals surface area (Å²) in [6, 6.07) is 8.09. The Morgan fingerprint density at radius 1 is 1.40 bits per heavy atom. The summed E-state index contributed by atoms with van der Waals surface area (Å²) in [6.07, 6.45) is 2.58. The molecular formula is C15H18N2O2S. The smallest absolute Gasteiger partial charge is 0.228 e. The first-order chi connectivity index (χ1) is 9.76. The van der Waals surface area contributed by atoms with Crippen LogP contribution in [0.3, 0.4) is 0 Å². The molecule has 1 atom stereocenters. The molecule has 0 aliphatic carbocycles. The third kappa shape index (κ3) is 2.78. The number of hydrogen-bond acceptors (Lipinski definition) is 3. The van der Waals surface area contributed by atoms with Crippen molar-refractivity contribution in [1.82, 2.24) is 9.47 Å². The molecule has 5 heteroatoms. The van der Waals surface area contributed by atoms with E-state index in [0.29, 0.717) is 19.5 Å². The SMILES string of the molecule is COC1CN(C(=O)Cc2cccs2)Cc2cccn2C1. The summed E-state index contributed by atoms with van der Waals surface area (Å²) in [7, 11) is 1.71. The van der Waals surface area contributed by atoms with Gasteiger partial charge in [-0.05, 0) is 23.6 Å². The minimum absolute atomic E-state index is 0.0518. The van der Waals surface area contributed by atoms with E-state index in [2.05, 4.69) is 16.8 Å². The lowest BCUT2D eigenvalue weighted by molar-refractivity contribution is -0.132. The number of hydrogen-bond donors (Lipinski definition) is 0. The molecule has 4 nitrogen and oxygen atoms in total. The Morgan fingerprint density at radius 2 is 2.30 bits per heavy atom. The van der Waals surface area contributed by atoms with Gasteiger partial charge in [-0.25, -0.2) is 0 Å². The second-order valence-corrected chi connectivity index (χ2v) is 6.07. The van der Waals surface area contributed by atoms with E-state index in [1.807, 2.05) is 28.5 Å². The predicted molar refractivity (Wildman–Crippen MR) is 78.7 cm³/mol. The highest BCUT2D eigenvalue weighted by atomic mass is 32.1. The monoisotopic (exact) mass is 290 g/mol. The third-order valence-corrected chi connectivity index (χ3v) is 4.57. The van der Waals surface area contributed by atoms with Crippen LogP contribution in [0, 0.1) is 0 Å². The van der Waals surface area contributed by atoms with Gasteiger partial charge < -0.3 is 14.2 Å². The number of rotatable bonds is 3. The molecule has 20 heavy (non-hydrogen) atoms. The minimum Gasteiger partial charge on any atom is -0.378 e. The fraction of sp³-hybridized carbons (Fsp3) is 0.400. The van der Waals surface area contributed by atoms with Gasteiger partial charge in [-0.3, -0.25) is 4.79 Å². The molecule has 106 valence electrons. The van der Waals surface area contributed by atoms with Gasteiger partial charge >= 0.3 is 0 Å². The fourth-order valence-electron chi connectivity index (χ4n) is 2.57. The van der Waals surface area contributed by atoms with E-state index in [1.54, 1.807) is 18.4 Å². The number of fused-ring (bicyclic) bond motifs is 1. The number of ether oxygens (including phenoxy) is 1. The first-order valence-corrected chi connectivity index (χ1v) is 7.61. The molecule has 2 aromatic heterocycles. The minimum atomic E-state index is 0.0518. The zero-order valence-corrected chi connectivity index (χ0v) is 12.3. The van der Waals surface area contributed by atoms with Crippen LogP contribution in [-0.4, -0.2) is 35.1 Å². The molecule has 0 saturated heterocycles. The second-order valence-electron chi connectivity index (χ2n) is 5.04. The summed E-state index contributed by atoms with van der Waals surface area (Å²) >= 11 is 1.63. The van der Waals surface area contributed by atoms with Crippen molar-refractivity contribution in [3.63, 3.8) is 0 Å². The summed E-state index contributed by atoms with van der Waals surface area (Å²) in [6.45, 7) is 2.13. The van der Waals surface area contributed by atoms with E-state index in [-0.39, 0.29) is 12.0 Å². The summed E-state index contributed by atoms with van der Waals surface area (Å²) in [5.41, 5.74) is 1.17. The molecule has 0 spiro atoms. The van der Waals surface area contributed by atoms with Crippen molar-refractivity contribution in [3.05, 3.63) is 46.4 Å². The van der Waals surface area contributed by atoms with Gasteiger partial charge in [0.15, 0.2) is 0 Å². The maximum atomic E-state index is 12.5. The van der Waals surface area contributed by atoms with Crippen LogP contribution >= 0.6 is 11.3 Å². The van der Waals surface area contributed by atoms with Crippen molar-refractivity contribution in [2.45, 2.75) is 25.6 Å². The Morgan fingerprint density at radius 3 is 3.05 bits per heavy atom. The number of carbonyl (C=O) groups excluding carboxylic acids is 1. The largest absolute Gasteiger partial charge is 0.378 e. The van der Waals surface area contributed by atoms with Crippen LogP contribution in [-0.2, 0) is 29.0 Å². The molecule has 2 aromatic rings. The highest BCUT2D eigenvalue weighted by Crippen LogP contribution is 2.17. The van der Waals surface area contributed by atoms with Crippen molar-refractivity contribution in [3.8, 4) is 0 Å². The lowest BCUT2D eigenvalue weighted by Gasteiger charge is -2.23. The van der Waals surface area contributed by atoms with Crippen molar-refractivity contribution in [2.24, 2.45) is 0 Å². The van der Waals surface area contributed by atoms with Crippen LogP contribution in [0.1, 0.15) is 10.6 Å². The van der Waals surface area contributed by atoms with Crippen LogP contribution in [0.25, 0.3) is 0 Å². The Hall–Kier alpha value is -1.59. The molecular weight excluding hydrogens is 272 g/mol. The predicted octanol–water partition coefficient (Wildman–Crippen LogP) is 2.15. The average molecular weight is 290 g/mol. The van der Waals surface area contributed by atoms with Crippen molar-refractivity contribution in [2.75, 3.05) is 13.7 Å². The van der Waals surface area contributed by atoms with E-state index in [9.17, 15) is 4.79 Å². The molecule has 0 aromatic carbocycles. The van der Waals surface area contributed by atoms with Crippen LogP contribution in [0.5, 0.6) is 0 Å². The number of amides is 1. The van der Waals surface area contributed by atoms with Gasteiger partial charge in [-0.15, -0.1) is 11.3 Å². The lowest BCUT2D eigenvalue weighted by atomic mass is 10.2. The Bertz CT molecular complexity index is 576. The third-order valence-electron chi connectivity index (χ3n) is 3.69. The normalized spacial score (nSPS) is 18.6. The van der Waals surface area contributed by atoms with E-state index < -0.39 is 0 Å². The van der Waals surface area contributed by atoms with Crippen LogP contribution < -0.4 is 0 Å². The quantitative estimate of drug-likeness (QED) is 0.868. The van der Waals surface area contributed by atoms with E-state index >= 15 is 0 Å². The summed E-state index contributed by atoms with van der Waals surface area (Å²) in [5.74, 6) is 0.171. The van der Waals surface area contributed by atoms with Gasteiger partial charge in [0.25, 0.3) is 0 Å². The van der Waals surface area contributed by atoms with Crippen molar-refractivity contribution < 1.29 is 9.53 Å². The molecule has 0 saturated carbocycles. The molecule has 0 N–H and O–H groups in total. The van der Waals surface area contributed by atoms with E-state index in [4.69, 9.17) is 4.74 Å². The molecule has 0 radical (unpaired) electrons. The van der Waals surface area contributed by atoms with Gasteiger partial charge in [0.2, 0.25) is 5.91 Å². The highest BCUT2D eigenvalue weighted by Gasteiger charge is 2.24. The van der Waals surface area contributed by atoms with Crippen LogP contribution in [0.15, 0.2) is 35.8 Å². The van der Waals surface area contributed by atoms with Gasteiger partial charge in [-0.2, -0.15) is 0 Å². The summed E-state index contributed by atoms with van der Waals surface area (Å²) in [5, 5.41) is 2.01. The zero-order chi connectivity index (χ0) is 13.9. The topological polar surface area (TPSA) is 34.5 Å². The molecule has 1 aliphatic rings. The molecule has 1 amide bonds. The first kappa shape index (κ1) is 13.4.